The highest BCUT2D eigenvalue weighted by molar-refractivity contribution is 5.83. The van der Waals surface area contributed by atoms with Crippen LogP contribution in [-0.2, 0) is 10.3 Å². The van der Waals surface area contributed by atoms with Crippen LogP contribution in [0.4, 0.5) is 11.4 Å². The smallest absolute Gasteiger partial charge is 0.269 e. The highest BCUT2D eigenvalue weighted by Crippen LogP contribution is 2.55. The molecule has 4 rings (SSSR count). The number of nitrogens with zero attached hydrogens (tertiary/aromatic N) is 3. The van der Waals surface area contributed by atoms with E-state index in [1.807, 2.05) is 43.3 Å². The average Bonchev–Trinajstić information content (AvgIpc) is 3.13. The number of ketones is 1. The van der Waals surface area contributed by atoms with Gasteiger partial charge in [-0.3, -0.25) is 14.9 Å². The first-order valence-corrected chi connectivity index (χ1v) is 10.2. The quantitative estimate of drug-likeness (QED) is 0.527. The number of fused-ring (bicyclic) bond motifs is 3. The molecule has 6 nitrogen and oxygen atoms in total. The van der Waals surface area contributed by atoms with Crippen LogP contribution in [0.25, 0.3) is 0 Å². The summed E-state index contributed by atoms with van der Waals surface area (Å²) in [5.74, 6) is 0.181. The molecule has 2 aromatic carbocycles. The zero-order valence-electron chi connectivity index (χ0n) is 17.2. The zero-order valence-corrected chi connectivity index (χ0v) is 17.2. The van der Waals surface area contributed by atoms with E-state index in [4.69, 9.17) is 0 Å². The number of nitro benzene ring substituents is 1. The Morgan fingerprint density at radius 3 is 2.52 bits per heavy atom. The molecule has 2 heterocycles. The molecule has 1 fully saturated rings. The summed E-state index contributed by atoms with van der Waals surface area (Å²) in [6.45, 7) is 8.05. The number of rotatable bonds is 6. The molecule has 2 aliphatic heterocycles. The highest BCUT2D eigenvalue weighted by Gasteiger charge is 2.56. The Morgan fingerprint density at radius 1 is 1.14 bits per heavy atom. The zero-order chi connectivity index (χ0) is 20.8. The Morgan fingerprint density at radius 2 is 1.86 bits per heavy atom. The van der Waals surface area contributed by atoms with Crippen LogP contribution >= 0.6 is 0 Å². The van der Waals surface area contributed by atoms with Crippen molar-refractivity contribution in [2.45, 2.75) is 45.6 Å². The maximum atomic E-state index is 13.0. The third kappa shape index (κ3) is 3.12. The average molecular weight is 393 g/mol. The predicted octanol–water partition coefficient (Wildman–Crippen LogP) is 4.67. The molecule has 2 aromatic rings. The first-order valence-electron chi connectivity index (χ1n) is 10.2. The summed E-state index contributed by atoms with van der Waals surface area (Å²) in [5.41, 5.74) is 2.22. The summed E-state index contributed by atoms with van der Waals surface area (Å²) in [6, 6.07) is 15.1. The maximum absolute atomic E-state index is 13.0. The van der Waals surface area contributed by atoms with Gasteiger partial charge >= 0.3 is 0 Å². The van der Waals surface area contributed by atoms with Gasteiger partial charge in [-0.15, -0.1) is 0 Å². The minimum absolute atomic E-state index is 0.0489. The number of Topliss-reactive ketones (excluding diaryl/α,β-unsaturated/α-hetero) is 1. The molecule has 1 unspecified atom stereocenters. The van der Waals surface area contributed by atoms with Crippen LogP contribution in [0.1, 0.15) is 51.2 Å². The summed E-state index contributed by atoms with van der Waals surface area (Å²) < 4.78 is 0. The van der Waals surface area contributed by atoms with Gasteiger partial charge in [0, 0.05) is 43.6 Å². The van der Waals surface area contributed by atoms with Gasteiger partial charge in [0.25, 0.3) is 5.69 Å². The van der Waals surface area contributed by atoms with E-state index >= 15 is 0 Å². The van der Waals surface area contributed by atoms with E-state index in [2.05, 4.69) is 23.9 Å². The molecule has 0 N–H and O–H groups in total. The highest BCUT2D eigenvalue weighted by atomic mass is 16.6. The molecule has 0 aliphatic carbocycles. The van der Waals surface area contributed by atoms with Gasteiger partial charge in [-0.25, -0.2) is 5.01 Å². The molecule has 0 spiro atoms. The van der Waals surface area contributed by atoms with E-state index in [9.17, 15) is 14.9 Å². The largest absolute Gasteiger partial charge is 0.304 e. The summed E-state index contributed by atoms with van der Waals surface area (Å²) in [6.07, 6.45) is 1.61. The Labute approximate surface area is 171 Å². The van der Waals surface area contributed by atoms with Gasteiger partial charge in [0.2, 0.25) is 0 Å². The lowest BCUT2D eigenvalue weighted by Crippen LogP contribution is -2.48. The summed E-state index contributed by atoms with van der Waals surface area (Å²) >= 11 is 0. The van der Waals surface area contributed by atoms with Crippen molar-refractivity contribution in [3.8, 4) is 0 Å². The van der Waals surface area contributed by atoms with Crippen LogP contribution in [-0.4, -0.2) is 28.8 Å². The minimum atomic E-state index is -0.720. The van der Waals surface area contributed by atoms with E-state index in [-0.39, 0.29) is 21.8 Å². The van der Waals surface area contributed by atoms with Crippen molar-refractivity contribution in [2.24, 2.45) is 5.41 Å². The molecule has 1 atom stereocenters. The van der Waals surface area contributed by atoms with Gasteiger partial charge in [-0.2, -0.15) is 0 Å². The monoisotopic (exact) mass is 393 g/mol. The van der Waals surface area contributed by atoms with Crippen LogP contribution in [0, 0.1) is 15.5 Å². The van der Waals surface area contributed by atoms with E-state index in [0.717, 1.165) is 36.3 Å². The summed E-state index contributed by atoms with van der Waals surface area (Å²) in [5, 5.41) is 16.0. The first kappa shape index (κ1) is 19.6. The van der Waals surface area contributed by atoms with Gasteiger partial charge in [0.1, 0.15) is 5.78 Å². The molecular formula is C23H27N3O3. The summed E-state index contributed by atoms with van der Waals surface area (Å²) in [7, 11) is 0. The number of hydrogen-bond donors (Lipinski definition) is 0. The van der Waals surface area contributed by atoms with Crippen molar-refractivity contribution in [1.29, 1.82) is 0 Å². The SMILES string of the molecule is CCCC(=O)CC1(c2ccccc2)c2cc([N+](=O)[O-])ccc2N2CC(C)(C)CN21. The van der Waals surface area contributed by atoms with Gasteiger partial charge in [-0.05, 0) is 23.5 Å². The molecule has 152 valence electrons. The second-order valence-electron chi connectivity index (χ2n) is 8.93. The number of hydrogen-bond acceptors (Lipinski definition) is 5. The van der Waals surface area contributed by atoms with E-state index in [1.54, 1.807) is 12.1 Å². The fourth-order valence-corrected chi connectivity index (χ4v) is 4.88. The van der Waals surface area contributed by atoms with Crippen LogP contribution in [0.3, 0.4) is 0 Å². The van der Waals surface area contributed by atoms with Crippen LogP contribution in [0.15, 0.2) is 48.5 Å². The molecule has 0 amide bonds. The number of hydrazine groups is 1. The van der Waals surface area contributed by atoms with Gasteiger partial charge in [-0.1, -0.05) is 51.1 Å². The molecule has 6 heteroatoms. The third-order valence-electron chi connectivity index (χ3n) is 6.04. The molecule has 0 bridgehead atoms. The number of carbonyl (C=O) groups excluding carboxylic acids is 1. The molecule has 2 aliphatic rings. The maximum Gasteiger partial charge on any atom is 0.269 e. The summed E-state index contributed by atoms with van der Waals surface area (Å²) in [4.78, 5) is 24.2. The topological polar surface area (TPSA) is 66.7 Å². The van der Waals surface area contributed by atoms with Crippen molar-refractivity contribution >= 4 is 17.2 Å². The van der Waals surface area contributed by atoms with E-state index in [0.29, 0.717) is 12.8 Å². The van der Waals surface area contributed by atoms with Crippen molar-refractivity contribution in [3.63, 3.8) is 0 Å². The van der Waals surface area contributed by atoms with Gasteiger partial charge < -0.3 is 5.01 Å². The molecule has 0 aromatic heterocycles. The van der Waals surface area contributed by atoms with Crippen molar-refractivity contribution in [3.05, 3.63) is 69.8 Å². The Hall–Kier alpha value is -2.73. The lowest BCUT2D eigenvalue weighted by atomic mass is 9.77. The van der Waals surface area contributed by atoms with Crippen molar-refractivity contribution in [1.82, 2.24) is 5.01 Å². The lowest BCUT2D eigenvalue weighted by Gasteiger charge is -2.39. The fraction of sp³-hybridized carbons (Fsp3) is 0.435. The Balaban J connectivity index is 1.98. The lowest BCUT2D eigenvalue weighted by molar-refractivity contribution is -0.384. The molecule has 0 saturated carbocycles. The van der Waals surface area contributed by atoms with E-state index in [1.165, 1.54) is 0 Å². The van der Waals surface area contributed by atoms with Crippen molar-refractivity contribution in [2.75, 3.05) is 18.1 Å². The number of non-ortho nitro benzene ring substituents is 1. The Kier molecular flexibility index (Phi) is 4.69. The normalized spacial score (nSPS) is 22.4. The minimum Gasteiger partial charge on any atom is -0.304 e. The van der Waals surface area contributed by atoms with Crippen LogP contribution in [0.2, 0.25) is 0 Å². The van der Waals surface area contributed by atoms with Crippen LogP contribution in [0.5, 0.6) is 0 Å². The van der Waals surface area contributed by atoms with Gasteiger partial charge in [0.05, 0.1) is 16.1 Å². The molecular weight excluding hydrogens is 366 g/mol. The molecule has 1 saturated heterocycles. The molecule has 0 radical (unpaired) electrons. The fourth-order valence-electron chi connectivity index (χ4n) is 4.88. The second-order valence-corrected chi connectivity index (χ2v) is 8.93. The number of benzene rings is 2. The van der Waals surface area contributed by atoms with Crippen LogP contribution < -0.4 is 5.01 Å². The number of nitro groups is 1. The predicted molar refractivity (Wildman–Crippen MR) is 113 cm³/mol. The number of carbonyl (C=O) groups is 1. The van der Waals surface area contributed by atoms with Gasteiger partial charge in [0.15, 0.2) is 0 Å². The molecule has 29 heavy (non-hydrogen) atoms. The van der Waals surface area contributed by atoms with E-state index < -0.39 is 5.54 Å². The second kappa shape index (κ2) is 6.95. The standard InChI is InChI=1S/C23H27N3O3/c1-4-8-19(27)14-23(17-9-6-5-7-10-17)20-13-18(26(28)29)11-12-21(20)24-15-22(2,3)16-25(23)24/h5-7,9-13H,4,8,14-16H2,1-3H3. The third-order valence-corrected chi connectivity index (χ3v) is 6.04. The first-order chi connectivity index (χ1) is 13.8. The van der Waals surface area contributed by atoms with Crippen molar-refractivity contribution < 1.29 is 9.72 Å². The number of anilines is 1. The Bertz CT molecular complexity index is 957.